The van der Waals surface area contributed by atoms with Crippen LogP contribution in [0.3, 0.4) is 0 Å². The summed E-state index contributed by atoms with van der Waals surface area (Å²) in [7, 11) is 0. The Hall–Kier alpha value is -0.120. The van der Waals surface area contributed by atoms with Crippen LogP contribution in [0.25, 0.3) is 0 Å². The van der Waals surface area contributed by atoms with Gasteiger partial charge in [-0.2, -0.15) is 0 Å². The maximum absolute atomic E-state index is 5.86. The minimum absolute atomic E-state index is 0.516. The van der Waals surface area contributed by atoms with Gasteiger partial charge in [-0.3, -0.25) is 0 Å². The lowest BCUT2D eigenvalue weighted by molar-refractivity contribution is -0.00704. The highest BCUT2D eigenvalue weighted by Crippen LogP contribution is 2.28. The quantitative estimate of drug-likeness (QED) is 0.846. The van der Waals surface area contributed by atoms with E-state index in [1.165, 1.54) is 64.5 Å². The number of ether oxygens (including phenoxy) is 1. The van der Waals surface area contributed by atoms with Crippen LogP contribution in [-0.4, -0.2) is 48.8 Å². The summed E-state index contributed by atoms with van der Waals surface area (Å²) in [6.45, 7) is 5.90. The highest BCUT2D eigenvalue weighted by atomic mass is 16.5. The third-order valence-electron chi connectivity index (χ3n) is 5.27. The van der Waals surface area contributed by atoms with Crippen molar-refractivity contribution in [1.29, 1.82) is 0 Å². The minimum Gasteiger partial charge on any atom is -0.378 e. The van der Waals surface area contributed by atoms with E-state index in [0.29, 0.717) is 12.1 Å². The van der Waals surface area contributed by atoms with Gasteiger partial charge in [0, 0.05) is 24.7 Å². The Morgan fingerprint density at radius 1 is 1.11 bits per heavy atom. The van der Waals surface area contributed by atoms with Crippen LogP contribution >= 0.6 is 0 Å². The lowest BCUT2D eigenvalue weighted by atomic mass is 9.94. The Bertz CT molecular complexity index is 282. The zero-order valence-corrected chi connectivity index (χ0v) is 12.4. The minimum atomic E-state index is 0.516. The summed E-state index contributed by atoms with van der Waals surface area (Å²) in [5.74, 6) is 0. The average molecular weight is 266 g/mol. The van der Waals surface area contributed by atoms with Gasteiger partial charge < -0.3 is 15.0 Å². The van der Waals surface area contributed by atoms with Crippen LogP contribution in [0.4, 0.5) is 0 Å². The molecule has 0 aliphatic carbocycles. The lowest BCUT2D eigenvalue weighted by Gasteiger charge is -2.39. The first kappa shape index (κ1) is 13.8. The Balaban J connectivity index is 1.45. The Kier molecular flexibility index (Phi) is 4.78. The van der Waals surface area contributed by atoms with E-state index in [9.17, 15) is 0 Å². The van der Waals surface area contributed by atoms with Crippen molar-refractivity contribution in [1.82, 2.24) is 10.2 Å². The van der Waals surface area contributed by atoms with E-state index in [-0.39, 0.29) is 0 Å². The van der Waals surface area contributed by atoms with Gasteiger partial charge in [-0.1, -0.05) is 13.3 Å². The van der Waals surface area contributed by atoms with Gasteiger partial charge in [-0.15, -0.1) is 0 Å². The van der Waals surface area contributed by atoms with Crippen LogP contribution in [0, 0.1) is 0 Å². The van der Waals surface area contributed by atoms with Gasteiger partial charge in [0.25, 0.3) is 0 Å². The summed E-state index contributed by atoms with van der Waals surface area (Å²) in [6, 6.07) is 2.37. The maximum Gasteiger partial charge on any atom is 0.0589 e. The van der Waals surface area contributed by atoms with E-state index in [4.69, 9.17) is 4.74 Å². The first-order valence-electron chi connectivity index (χ1n) is 8.47. The second-order valence-corrected chi connectivity index (χ2v) is 6.72. The third-order valence-corrected chi connectivity index (χ3v) is 5.27. The molecule has 3 heterocycles. The Labute approximate surface area is 118 Å². The van der Waals surface area contributed by atoms with Gasteiger partial charge in [0.2, 0.25) is 0 Å². The van der Waals surface area contributed by atoms with Gasteiger partial charge in [0.1, 0.15) is 0 Å². The molecule has 3 aliphatic rings. The van der Waals surface area contributed by atoms with Crippen molar-refractivity contribution in [2.24, 2.45) is 0 Å². The van der Waals surface area contributed by atoms with Gasteiger partial charge in [0.15, 0.2) is 0 Å². The molecule has 3 saturated heterocycles. The molecular weight excluding hydrogens is 236 g/mol. The topological polar surface area (TPSA) is 24.5 Å². The molecule has 4 unspecified atom stereocenters. The molecule has 19 heavy (non-hydrogen) atoms. The van der Waals surface area contributed by atoms with Crippen LogP contribution in [0.15, 0.2) is 0 Å². The van der Waals surface area contributed by atoms with Crippen LogP contribution in [0.5, 0.6) is 0 Å². The molecule has 4 atom stereocenters. The molecule has 0 amide bonds. The van der Waals surface area contributed by atoms with Gasteiger partial charge in [-0.25, -0.2) is 0 Å². The summed E-state index contributed by atoms with van der Waals surface area (Å²) in [4.78, 5) is 2.71. The summed E-state index contributed by atoms with van der Waals surface area (Å²) in [5, 5.41) is 3.95. The second-order valence-electron chi connectivity index (χ2n) is 6.72. The number of fused-ring (bicyclic) bond motifs is 1. The van der Waals surface area contributed by atoms with E-state index in [2.05, 4.69) is 17.1 Å². The molecule has 3 nitrogen and oxygen atoms in total. The SMILES string of the molecule is CCCC1CC(NC2CCN3CCCC3C2)CCO1. The molecule has 3 fully saturated rings. The number of hydrogen-bond donors (Lipinski definition) is 1. The number of hydrogen-bond acceptors (Lipinski definition) is 3. The Morgan fingerprint density at radius 2 is 2.00 bits per heavy atom. The van der Waals surface area contributed by atoms with Crippen molar-refractivity contribution >= 4 is 0 Å². The number of piperidine rings is 1. The summed E-state index contributed by atoms with van der Waals surface area (Å²) < 4.78 is 5.86. The van der Waals surface area contributed by atoms with Gasteiger partial charge in [0.05, 0.1) is 6.10 Å². The van der Waals surface area contributed by atoms with E-state index in [1.54, 1.807) is 0 Å². The van der Waals surface area contributed by atoms with Crippen molar-refractivity contribution in [3.05, 3.63) is 0 Å². The zero-order valence-electron chi connectivity index (χ0n) is 12.4. The molecule has 0 bridgehead atoms. The predicted octanol–water partition coefficient (Wildman–Crippen LogP) is 2.55. The van der Waals surface area contributed by atoms with E-state index >= 15 is 0 Å². The molecule has 0 saturated carbocycles. The van der Waals surface area contributed by atoms with Gasteiger partial charge >= 0.3 is 0 Å². The van der Waals surface area contributed by atoms with Crippen LogP contribution in [0.2, 0.25) is 0 Å². The molecule has 0 aromatic heterocycles. The van der Waals surface area contributed by atoms with E-state index in [1.807, 2.05) is 0 Å². The summed E-state index contributed by atoms with van der Waals surface area (Å²) in [6.07, 6.45) is 11.0. The molecule has 0 spiro atoms. The average Bonchev–Trinajstić information content (AvgIpc) is 2.87. The number of rotatable bonds is 4. The van der Waals surface area contributed by atoms with E-state index in [0.717, 1.165) is 18.7 Å². The summed E-state index contributed by atoms with van der Waals surface area (Å²) >= 11 is 0. The highest BCUT2D eigenvalue weighted by Gasteiger charge is 2.33. The van der Waals surface area contributed by atoms with Crippen molar-refractivity contribution < 1.29 is 4.74 Å². The highest BCUT2D eigenvalue weighted by molar-refractivity contribution is 4.91. The molecule has 3 heteroatoms. The normalized spacial score (nSPS) is 40.3. The van der Waals surface area contributed by atoms with Crippen LogP contribution < -0.4 is 5.32 Å². The number of nitrogens with zero attached hydrogens (tertiary/aromatic N) is 1. The molecular formula is C16H30N2O. The first-order valence-corrected chi connectivity index (χ1v) is 8.47. The fraction of sp³-hybridized carbons (Fsp3) is 1.00. The third kappa shape index (κ3) is 3.50. The Morgan fingerprint density at radius 3 is 2.89 bits per heavy atom. The van der Waals surface area contributed by atoms with Crippen LogP contribution in [0.1, 0.15) is 58.3 Å². The van der Waals surface area contributed by atoms with Gasteiger partial charge in [-0.05, 0) is 58.0 Å². The fourth-order valence-corrected chi connectivity index (χ4v) is 4.26. The molecule has 3 rings (SSSR count). The standard InChI is InChI=1S/C16H30N2O/c1-2-4-16-12-14(7-10-19-16)17-13-6-9-18-8-3-5-15(18)11-13/h13-17H,2-12H2,1H3. The van der Waals surface area contributed by atoms with E-state index < -0.39 is 0 Å². The largest absolute Gasteiger partial charge is 0.378 e. The zero-order chi connectivity index (χ0) is 13.1. The number of nitrogens with one attached hydrogen (secondary N) is 1. The molecule has 3 aliphatic heterocycles. The first-order chi connectivity index (χ1) is 9.35. The molecule has 110 valence electrons. The van der Waals surface area contributed by atoms with Crippen molar-refractivity contribution in [3.8, 4) is 0 Å². The summed E-state index contributed by atoms with van der Waals surface area (Å²) in [5.41, 5.74) is 0. The maximum atomic E-state index is 5.86. The van der Waals surface area contributed by atoms with Crippen molar-refractivity contribution in [3.63, 3.8) is 0 Å². The van der Waals surface area contributed by atoms with Crippen molar-refractivity contribution in [2.45, 2.75) is 82.5 Å². The predicted molar refractivity (Wildman–Crippen MR) is 78.4 cm³/mol. The monoisotopic (exact) mass is 266 g/mol. The molecule has 0 radical (unpaired) electrons. The molecule has 0 aromatic rings. The smallest absolute Gasteiger partial charge is 0.0589 e. The van der Waals surface area contributed by atoms with Crippen LogP contribution in [-0.2, 0) is 4.74 Å². The second kappa shape index (κ2) is 6.55. The fourth-order valence-electron chi connectivity index (χ4n) is 4.26. The van der Waals surface area contributed by atoms with Crippen molar-refractivity contribution in [2.75, 3.05) is 19.7 Å². The molecule has 0 aromatic carbocycles. The molecule has 1 N–H and O–H groups in total. The lowest BCUT2D eigenvalue weighted by Crippen LogP contribution is -2.50.